The molecule has 0 aliphatic carbocycles. The Bertz CT molecular complexity index is 996. The summed E-state index contributed by atoms with van der Waals surface area (Å²) in [6.45, 7) is 1.98. The summed E-state index contributed by atoms with van der Waals surface area (Å²) in [5.74, 6) is 0.0180. The smallest absolute Gasteiger partial charge is 0.262 e. The number of aryl methyl sites for hydroxylation is 1. The molecule has 4 rings (SSSR count). The molecular formula is C20H15NO. The first-order chi connectivity index (χ1) is 10.8. The molecule has 0 bridgehead atoms. The SMILES string of the molecule is Cc1cc2ccc3ccccc3c2n1C(=O)c1ccccc1. The van der Waals surface area contributed by atoms with Crippen LogP contribution in [-0.4, -0.2) is 10.5 Å². The summed E-state index contributed by atoms with van der Waals surface area (Å²) in [6.07, 6.45) is 0. The zero-order chi connectivity index (χ0) is 15.1. The van der Waals surface area contributed by atoms with E-state index in [-0.39, 0.29) is 5.91 Å². The van der Waals surface area contributed by atoms with Gasteiger partial charge in [0, 0.05) is 22.0 Å². The van der Waals surface area contributed by atoms with Crippen LogP contribution in [0.25, 0.3) is 21.7 Å². The fourth-order valence-corrected chi connectivity index (χ4v) is 3.08. The summed E-state index contributed by atoms with van der Waals surface area (Å²) < 4.78 is 1.83. The number of carbonyl (C=O) groups excluding carboxylic acids is 1. The number of nitrogens with zero attached hydrogens (tertiary/aromatic N) is 1. The average Bonchev–Trinajstić information content (AvgIpc) is 2.91. The van der Waals surface area contributed by atoms with Crippen molar-refractivity contribution in [1.82, 2.24) is 4.57 Å². The van der Waals surface area contributed by atoms with Crippen molar-refractivity contribution in [1.29, 1.82) is 0 Å². The number of fused-ring (bicyclic) bond motifs is 3. The van der Waals surface area contributed by atoms with Crippen LogP contribution in [0.2, 0.25) is 0 Å². The van der Waals surface area contributed by atoms with Crippen molar-refractivity contribution in [3.05, 3.63) is 84.1 Å². The van der Waals surface area contributed by atoms with Crippen LogP contribution in [0.3, 0.4) is 0 Å². The normalized spacial score (nSPS) is 11.1. The lowest BCUT2D eigenvalue weighted by molar-refractivity contribution is 0.0963. The van der Waals surface area contributed by atoms with Gasteiger partial charge in [-0.25, -0.2) is 0 Å². The third-order valence-corrected chi connectivity index (χ3v) is 4.10. The van der Waals surface area contributed by atoms with Gasteiger partial charge in [-0.15, -0.1) is 0 Å². The van der Waals surface area contributed by atoms with Gasteiger partial charge in [0.1, 0.15) is 0 Å². The summed E-state index contributed by atoms with van der Waals surface area (Å²) in [6, 6.07) is 23.9. The number of rotatable bonds is 1. The predicted molar refractivity (Wildman–Crippen MR) is 90.4 cm³/mol. The number of aromatic nitrogens is 1. The second-order valence-electron chi connectivity index (χ2n) is 5.52. The van der Waals surface area contributed by atoms with Gasteiger partial charge in [0.15, 0.2) is 0 Å². The molecule has 0 N–H and O–H groups in total. The molecule has 4 aromatic rings. The first-order valence-corrected chi connectivity index (χ1v) is 7.35. The predicted octanol–water partition coefficient (Wildman–Crippen LogP) is 4.79. The van der Waals surface area contributed by atoms with E-state index in [1.807, 2.05) is 54.0 Å². The highest BCUT2D eigenvalue weighted by atomic mass is 16.2. The van der Waals surface area contributed by atoms with Crippen molar-refractivity contribution in [3.63, 3.8) is 0 Å². The monoisotopic (exact) mass is 285 g/mol. The van der Waals surface area contributed by atoms with Gasteiger partial charge in [-0.2, -0.15) is 0 Å². The highest BCUT2D eigenvalue weighted by molar-refractivity contribution is 6.12. The minimum Gasteiger partial charge on any atom is -0.280 e. The fraction of sp³-hybridized carbons (Fsp3) is 0.0500. The molecule has 0 aliphatic heterocycles. The first-order valence-electron chi connectivity index (χ1n) is 7.35. The molecule has 0 saturated heterocycles. The number of hydrogen-bond donors (Lipinski definition) is 0. The molecule has 0 aliphatic rings. The lowest BCUT2D eigenvalue weighted by atomic mass is 10.1. The minimum absolute atomic E-state index is 0.0180. The van der Waals surface area contributed by atoms with Crippen molar-refractivity contribution in [2.45, 2.75) is 6.92 Å². The van der Waals surface area contributed by atoms with Gasteiger partial charge in [-0.05, 0) is 30.5 Å². The third kappa shape index (κ3) is 1.85. The molecule has 0 atom stereocenters. The van der Waals surface area contributed by atoms with Crippen molar-refractivity contribution < 1.29 is 4.79 Å². The van der Waals surface area contributed by atoms with Crippen LogP contribution in [0.4, 0.5) is 0 Å². The summed E-state index contributed by atoms with van der Waals surface area (Å²) in [5, 5.41) is 3.35. The summed E-state index contributed by atoms with van der Waals surface area (Å²) in [5.41, 5.74) is 2.65. The van der Waals surface area contributed by atoms with Crippen LogP contribution >= 0.6 is 0 Å². The maximum absolute atomic E-state index is 12.9. The van der Waals surface area contributed by atoms with Crippen LogP contribution < -0.4 is 0 Å². The molecule has 3 aromatic carbocycles. The Hall–Kier alpha value is -2.87. The van der Waals surface area contributed by atoms with Crippen molar-refractivity contribution in [2.75, 3.05) is 0 Å². The van der Waals surface area contributed by atoms with Crippen LogP contribution in [0, 0.1) is 6.92 Å². The molecule has 1 aromatic heterocycles. The maximum atomic E-state index is 12.9. The highest BCUT2D eigenvalue weighted by Gasteiger charge is 2.16. The molecular weight excluding hydrogens is 270 g/mol. The van der Waals surface area contributed by atoms with Gasteiger partial charge >= 0.3 is 0 Å². The van der Waals surface area contributed by atoms with Crippen molar-refractivity contribution >= 4 is 27.6 Å². The van der Waals surface area contributed by atoms with Crippen LogP contribution in [0.5, 0.6) is 0 Å². The fourth-order valence-electron chi connectivity index (χ4n) is 3.08. The molecule has 0 spiro atoms. The standard InChI is InChI=1S/C20H15NO/c1-14-13-17-12-11-15-7-5-6-10-18(15)19(17)21(14)20(22)16-8-3-2-4-9-16/h2-13H,1H3. The third-order valence-electron chi connectivity index (χ3n) is 4.10. The van der Waals surface area contributed by atoms with Gasteiger partial charge in [0.2, 0.25) is 0 Å². The number of benzene rings is 3. The minimum atomic E-state index is 0.0180. The van der Waals surface area contributed by atoms with Crippen molar-refractivity contribution in [3.8, 4) is 0 Å². The Morgan fingerprint density at radius 3 is 2.32 bits per heavy atom. The summed E-state index contributed by atoms with van der Waals surface area (Å²) in [7, 11) is 0. The molecule has 0 radical (unpaired) electrons. The Balaban J connectivity index is 2.07. The van der Waals surface area contributed by atoms with E-state index in [1.165, 1.54) is 0 Å². The molecule has 106 valence electrons. The van der Waals surface area contributed by atoms with Gasteiger partial charge in [-0.3, -0.25) is 9.36 Å². The Kier molecular flexibility index (Phi) is 2.83. The number of carbonyl (C=O) groups is 1. The topological polar surface area (TPSA) is 22.0 Å². The van der Waals surface area contributed by atoms with Crippen LogP contribution in [-0.2, 0) is 0 Å². The summed E-state index contributed by atoms with van der Waals surface area (Å²) >= 11 is 0. The maximum Gasteiger partial charge on any atom is 0.262 e. The molecule has 22 heavy (non-hydrogen) atoms. The van der Waals surface area contributed by atoms with Crippen LogP contribution in [0.15, 0.2) is 72.8 Å². The summed E-state index contributed by atoms with van der Waals surface area (Å²) in [4.78, 5) is 12.9. The Morgan fingerprint density at radius 2 is 1.50 bits per heavy atom. The molecule has 0 amide bonds. The lowest BCUT2D eigenvalue weighted by Crippen LogP contribution is -2.13. The molecule has 0 saturated carbocycles. The molecule has 1 heterocycles. The zero-order valence-corrected chi connectivity index (χ0v) is 12.3. The van der Waals surface area contributed by atoms with Crippen LogP contribution in [0.1, 0.15) is 16.1 Å². The van der Waals surface area contributed by atoms with E-state index in [1.54, 1.807) is 0 Å². The van der Waals surface area contributed by atoms with E-state index in [0.29, 0.717) is 5.56 Å². The average molecular weight is 285 g/mol. The van der Waals surface area contributed by atoms with Gasteiger partial charge in [-0.1, -0.05) is 54.6 Å². The molecule has 0 fully saturated rings. The quantitative estimate of drug-likeness (QED) is 0.493. The highest BCUT2D eigenvalue weighted by Crippen LogP contribution is 2.28. The largest absolute Gasteiger partial charge is 0.280 e. The van der Waals surface area contributed by atoms with Gasteiger partial charge in [0.05, 0.1) is 5.52 Å². The van der Waals surface area contributed by atoms with Gasteiger partial charge < -0.3 is 0 Å². The number of hydrogen-bond acceptors (Lipinski definition) is 1. The van der Waals surface area contributed by atoms with E-state index in [9.17, 15) is 4.79 Å². The van der Waals surface area contributed by atoms with Crippen molar-refractivity contribution in [2.24, 2.45) is 0 Å². The lowest BCUT2D eigenvalue weighted by Gasteiger charge is -2.09. The van der Waals surface area contributed by atoms with Gasteiger partial charge in [0.25, 0.3) is 5.91 Å². The van der Waals surface area contributed by atoms with E-state index in [0.717, 1.165) is 27.4 Å². The van der Waals surface area contributed by atoms with E-state index < -0.39 is 0 Å². The second-order valence-corrected chi connectivity index (χ2v) is 5.52. The van der Waals surface area contributed by atoms with E-state index in [4.69, 9.17) is 0 Å². The molecule has 0 unspecified atom stereocenters. The Morgan fingerprint density at radius 1 is 0.818 bits per heavy atom. The van der Waals surface area contributed by atoms with E-state index >= 15 is 0 Å². The zero-order valence-electron chi connectivity index (χ0n) is 12.3. The Labute approximate surface area is 128 Å². The molecule has 2 heteroatoms. The first kappa shape index (κ1) is 12.8. The molecule has 2 nitrogen and oxygen atoms in total. The van der Waals surface area contributed by atoms with E-state index in [2.05, 4.69) is 30.3 Å². The second kappa shape index (κ2) is 4.85.